The Kier molecular flexibility index (Phi) is 6.56. The minimum atomic E-state index is -3.83. The highest BCUT2D eigenvalue weighted by Crippen LogP contribution is 2.42. The summed E-state index contributed by atoms with van der Waals surface area (Å²) in [4.78, 5) is 20.6. The lowest BCUT2D eigenvalue weighted by Crippen LogP contribution is -2.50. The van der Waals surface area contributed by atoms with Crippen molar-refractivity contribution in [3.63, 3.8) is 0 Å². The maximum absolute atomic E-state index is 13.8. The molecule has 1 aliphatic carbocycles. The zero-order valence-electron chi connectivity index (χ0n) is 19.1. The van der Waals surface area contributed by atoms with E-state index >= 15 is 0 Å². The van der Waals surface area contributed by atoms with Gasteiger partial charge in [-0.05, 0) is 69.2 Å². The number of anilines is 1. The predicted molar refractivity (Wildman–Crippen MR) is 126 cm³/mol. The molecule has 1 aliphatic heterocycles. The van der Waals surface area contributed by atoms with Crippen LogP contribution in [-0.2, 0) is 21.2 Å². The third kappa shape index (κ3) is 4.15. The summed E-state index contributed by atoms with van der Waals surface area (Å²) in [6.45, 7) is 5.88. The highest BCUT2D eigenvalue weighted by molar-refractivity contribution is 7.93. The maximum atomic E-state index is 13.8. The van der Waals surface area contributed by atoms with E-state index in [0.29, 0.717) is 18.4 Å². The van der Waals surface area contributed by atoms with E-state index in [1.807, 2.05) is 31.2 Å². The molecule has 2 aliphatic rings. The Morgan fingerprint density at radius 1 is 1.06 bits per heavy atom. The number of sulfone groups is 1. The van der Waals surface area contributed by atoms with Gasteiger partial charge in [-0.2, -0.15) is 0 Å². The minimum absolute atomic E-state index is 0.280. The summed E-state index contributed by atoms with van der Waals surface area (Å²) in [6, 6.07) is 9.27. The molecule has 4 rings (SSSR count). The van der Waals surface area contributed by atoms with Crippen molar-refractivity contribution in [2.75, 3.05) is 18.0 Å². The number of carbonyl (C=O) groups excluding carboxylic acids is 1. The average molecular weight is 456 g/mol. The average Bonchev–Trinajstić information content (AvgIpc) is 3.32. The van der Waals surface area contributed by atoms with Crippen molar-refractivity contribution in [1.29, 1.82) is 0 Å². The van der Waals surface area contributed by atoms with E-state index in [1.54, 1.807) is 19.2 Å². The van der Waals surface area contributed by atoms with Gasteiger partial charge in [0.25, 0.3) is 0 Å². The molecule has 0 atom stereocenters. The maximum Gasteiger partial charge on any atom is 0.242 e. The van der Waals surface area contributed by atoms with Crippen LogP contribution in [-0.4, -0.2) is 37.1 Å². The van der Waals surface area contributed by atoms with E-state index in [-0.39, 0.29) is 17.3 Å². The number of nitrogens with one attached hydrogen (secondary N) is 1. The van der Waals surface area contributed by atoms with Crippen LogP contribution in [0.15, 0.2) is 41.4 Å². The Bertz CT molecular complexity index is 1090. The highest BCUT2D eigenvalue weighted by Gasteiger charge is 2.53. The van der Waals surface area contributed by atoms with Gasteiger partial charge >= 0.3 is 0 Å². The van der Waals surface area contributed by atoms with E-state index < -0.39 is 14.6 Å². The lowest BCUT2D eigenvalue weighted by Gasteiger charge is -2.30. The van der Waals surface area contributed by atoms with E-state index in [0.717, 1.165) is 55.7 Å². The molecule has 172 valence electrons. The van der Waals surface area contributed by atoms with Crippen LogP contribution in [0.3, 0.4) is 0 Å². The summed E-state index contributed by atoms with van der Waals surface area (Å²) in [6.07, 6.45) is 7.49. The summed E-state index contributed by atoms with van der Waals surface area (Å²) in [7, 11) is -3.83. The summed E-state index contributed by atoms with van der Waals surface area (Å²) in [5, 5.41) is 2.99. The molecule has 2 fully saturated rings. The van der Waals surface area contributed by atoms with Crippen LogP contribution < -0.4 is 10.2 Å². The second-order valence-corrected chi connectivity index (χ2v) is 11.4. The molecule has 1 amide bonds. The van der Waals surface area contributed by atoms with Crippen molar-refractivity contribution in [3.8, 4) is 0 Å². The van der Waals surface area contributed by atoms with Gasteiger partial charge in [-0.1, -0.05) is 31.0 Å². The molecule has 1 aromatic carbocycles. The molecule has 1 N–H and O–H groups in total. The van der Waals surface area contributed by atoms with Gasteiger partial charge in [0.15, 0.2) is 14.6 Å². The number of amides is 1. The molecule has 1 saturated carbocycles. The van der Waals surface area contributed by atoms with Gasteiger partial charge in [0.2, 0.25) is 5.91 Å². The molecular weight excluding hydrogens is 422 g/mol. The second-order valence-electron chi connectivity index (χ2n) is 9.19. The number of piperidine rings is 1. The van der Waals surface area contributed by atoms with Crippen molar-refractivity contribution < 1.29 is 13.2 Å². The fourth-order valence-corrected chi connectivity index (χ4v) is 7.46. The molecule has 0 spiro atoms. The normalized spacial score (nSPS) is 18.5. The van der Waals surface area contributed by atoms with E-state index in [1.165, 1.54) is 6.42 Å². The fourth-order valence-electron chi connectivity index (χ4n) is 5.07. The quantitative estimate of drug-likeness (QED) is 0.710. The molecule has 7 heteroatoms. The minimum Gasteiger partial charge on any atom is -0.356 e. The lowest BCUT2D eigenvalue weighted by molar-refractivity contribution is -0.123. The largest absolute Gasteiger partial charge is 0.356 e. The topological polar surface area (TPSA) is 79.4 Å². The first kappa shape index (κ1) is 22.8. The number of hydrogen-bond acceptors (Lipinski definition) is 5. The van der Waals surface area contributed by atoms with Crippen LogP contribution in [0.25, 0.3) is 0 Å². The van der Waals surface area contributed by atoms with Crippen LogP contribution in [0.1, 0.15) is 61.6 Å². The monoisotopic (exact) mass is 455 g/mol. The summed E-state index contributed by atoms with van der Waals surface area (Å²) >= 11 is 0. The number of nitrogens with zero attached hydrogens (tertiary/aromatic N) is 2. The molecular formula is C25H33N3O3S. The molecule has 1 aromatic heterocycles. The van der Waals surface area contributed by atoms with Crippen LogP contribution in [0.2, 0.25) is 0 Å². The highest BCUT2D eigenvalue weighted by atomic mass is 32.2. The summed E-state index contributed by atoms with van der Waals surface area (Å²) in [5.41, 5.74) is 2.50. The van der Waals surface area contributed by atoms with Crippen LogP contribution >= 0.6 is 0 Å². The van der Waals surface area contributed by atoms with Gasteiger partial charge in [0.05, 0.1) is 4.90 Å². The van der Waals surface area contributed by atoms with Crippen molar-refractivity contribution in [2.45, 2.75) is 75.0 Å². The van der Waals surface area contributed by atoms with Crippen LogP contribution in [0.5, 0.6) is 0 Å². The first-order valence-corrected chi connectivity index (χ1v) is 13.1. The van der Waals surface area contributed by atoms with Crippen molar-refractivity contribution in [3.05, 3.63) is 53.2 Å². The van der Waals surface area contributed by atoms with Crippen molar-refractivity contribution >= 4 is 21.6 Å². The standard InChI is InChI=1S/C25H33N3O3S/c1-19-10-11-20(2)22(17-19)32(30,31)25(12-4-5-13-25)24(29)27-18-21-9-8-14-26-23(21)28-15-6-3-7-16-28/h8-11,14,17H,3-7,12-13,15-16,18H2,1-2H3,(H,27,29). The number of hydrogen-bond donors (Lipinski definition) is 1. The van der Waals surface area contributed by atoms with Crippen LogP contribution in [0.4, 0.5) is 5.82 Å². The Morgan fingerprint density at radius 2 is 1.78 bits per heavy atom. The fraction of sp³-hybridized carbons (Fsp3) is 0.520. The first-order valence-electron chi connectivity index (χ1n) is 11.6. The van der Waals surface area contributed by atoms with Gasteiger partial charge in [-0.3, -0.25) is 4.79 Å². The summed E-state index contributed by atoms with van der Waals surface area (Å²) in [5.74, 6) is 0.509. The molecule has 0 radical (unpaired) electrons. The zero-order valence-corrected chi connectivity index (χ0v) is 19.9. The predicted octanol–water partition coefficient (Wildman–Crippen LogP) is 4.09. The molecule has 1 saturated heterocycles. The smallest absolute Gasteiger partial charge is 0.242 e. The van der Waals surface area contributed by atoms with Gasteiger partial charge in [-0.25, -0.2) is 13.4 Å². The van der Waals surface area contributed by atoms with E-state index in [2.05, 4.69) is 15.2 Å². The van der Waals surface area contributed by atoms with Crippen molar-refractivity contribution in [2.24, 2.45) is 0 Å². The van der Waals surface area contributed by atoms with Crippen molar-refractivity contribution in [1.82, 2.24) is 10.3 Å². The van der Waals surface area contributed by atoms with Gasteiger partial charge in [0.1, 0.15) is 5.82 Å². The van der Waals surface area contributed by atoms with E-state index in [4.69, 9.17) is 0 Å². The number of benzene rings is 1. The molecule has 2 heterocycles. The SMILES string of the molecule is Cc1ccc(C)c(S(=O)(=O)C2(C(=O)NCc3cccnc3N3CCCCC3)CCCC2)c1. The Labute approximate surface area is 191 Å². The molecule has 0 bridgehead atoms. The third-order valence-electron chi connectivity index (χ3n) is 6.94. The molecule has 2 aromatic rings. The van der Waals surface area contributed by atoms with Gasteiger partial charge < -0.3 is 10.2 Å². The Balaban J connectivity index is 1.60. The first-order chi connectivity index (χ1) is 15.3. The molecule has 6 nitrogen and oxygen atoms in total. The molecule has 32 heavy (non-hydrogen) atoms. The van der Waals surface area contributed by atoms with Crippen LogP contribution in [0, 0.1) is 13.8 Å². The molecule has 0 unspecified atom stereocenters. The van der Waals surface area contributed by atoms with E-state index in [9.17, 15) is 13.2 Å². The second kappa shape index (κ2) is 9.22. The Hall–Kier alpha value is -2.41. The number of aryl methyl sites for hydroxylation is 2. The zero-order chi connectivity index (χ0) is 22.8. The number of rotatable bonds is 6. The number of pyridine rings is 1. The van der Waals surface area contributed by atoms with Gasteiger partial charge in [-0.15, -0.1) is 0 Å². The number of aromatic nitrogens is 1. The summed E-state index contributed by atoms with van der Waals surface area (Å²) < 4.78 is 26.2. The third-order valence-corrected chi connectivity index (χ3v) is 9.58. The lowest BCUT2D eigenvalue weighted by atomic mass is 10.1. The van der Waals surface area contributed by atoms with Gasteiger partial charge in [0, 0.05) is 31.4 Å². The number of carbonyl (C=O) groups is 1. The Morgan fingerprint density at radius 3 is 2.50 bits per heavy atom.